The molecule has 4 rings (SSSR count). The van der Waals surface area contributed by atoms with Gasteiger partial charge in [-0.25, -0.2) is 0 Å². The molecule has 0 aromatic heterocycles. The van der Waals surface area contributed by atoms with Crippen molar-refractivity contribution < 1.29 is 4.79 Å². The Bertz CT molecular complexity index is 810. The van der Waals surface area contributed by atoms with E-state index in [4.69, 9.17) is 5.73 Å². The van der Waals surface area contributed by atoms with Crippen molar-refractivity contribution in [2.45, 2.75) is 37.6 Å². The van der Waals surface area contributed by atoms with Gasteiger partial charge >= 0.3 is 0 Å². The summed E-state index contributed by atoms with van der Waals surface area (Å²) in [6.07, 6.45) is 4.75. The summed E-state index contributed by atoms with van der Waals surface area (Å²) < 4.78 is 0. The number of fused-ring (bicyclic) bond motifs is 1. The Labute approximate surface area is 174 Å². The van der Waals surface area contributed by atoms with Crippen LogP contribution in [0.1, 0.15) is 29.5 Å². The highest BCUT2D eigenvalue weighted by Crippen LogP contribution is 2.36. The van der Waals surface area contributed by atoms with E-state index in [1.165, 1.54) is 16.7 Å². The van der Waals surface area contributed by atoms with Crippen molar-refractivity contribution in [3.8, 4) is 0 Å². The van der Waals surface area contributed by atoms with E-state index in [1.54, 1.807) is 0 Å². The SMILES string of the molecule is CN(CCc1ccccc1)C1(C(=O)N2CCC[C@@H](CN)C2)Cc2ccccc2C1. The molecule has 2 aliphatic rings. The third kappa shape index (κ3) is 4.10. The summed E-state index contributed by atoms with van der Waals surface area (Å²) in [5.41, 5.74) is 9.42. The van der Waals surface area contributed by atoms with Gasteiger partial charge in [-0.15, -0.1) is 0 Å². The van der Waals surface area contributed by atoms with Crippen molar-refractivity contribution >= 4 is 5.91 Å². The van der Waals surface area contributed by atoms with Crippen molar-refractivity contribution in [2.75, 3.05) is 33.2 Å². The minimum atomic E-state index is -0.477. The molecule has 154 valence electrons. The summed E-state index contributed by atoms with van der Waals surface area (Å²) in [5.74, 6) is 0.727. The van der Waals surface area contributed by atoms with E-state index in [9.17, 15) is 4.79 Å². The maximum Gasteiger partial charge on any atom is 0.243 e. The first-order valence-electron chi connectivity index (χ1n) is 10.9. The molecule has 4 nitrogen and oxygen atoms in total. The summed E-state index contributed by atoms with van der Waals surface area (Å²) >= 11 is 0. The van der Waals surface area contributed by atoms with E-state index >= 15 is 0 Å². The van der Waals surface area contributed by atoms with Gasteiger partial charge < -0.3 is 10.6 Å². The predicted octanol–water partition coefficient (Wildman–Crippen LogP) is 2.90. The van der Waals surface area contributed by atoms with E-state index in [2.05, 4.69) is 71.4 Å². The molecule has 2 N–H and O–H groups in total. The number of nitrogens with zero attached hydrogens (tertiary/aromatic N) is 2. The van der Waals surface area contributed by atoms with E-state index in [0.717, 1.165) is 51.7 Å². The smallest absolute Gasteiger partial charge is 0.243 e. The fourth-order valence-electron chi connectivity index (χ4n) is 5.07. The van der Waals surface area contributed by atoms with Crippen LogP contribution in [0.5, 0.6) is 0 Å². The summed E-state index contributed by atoms with van der Waals surface area (Å²) in [7, 11) is 2.14. The number of hydrogen-bond acceptors (Lipinski definition) is 3. The number of rotatable bonds is 6. The molecule has 1 fully saturated rings. The Morgan fingerprint density at radius 2 is 1.76 bits per heavy atom. The van der Waals surface area contributed by atoms with E-state index in [-0.39, 0.29) is 0 Å². The number of likely N-dealkylation sites (tertiary alicyclic amines) is 1. The average Bonchev–Trinajstić information content (AvgIpc) is 3.18. The Morgan fingerprint density at radius 3 is 2.41 bits per heavy atom. The Balaban J connectivity index is 1.57. The molecular weight excluding hydrogens is 358 g/mol. The highest BCUT2D eigenvalue weighted by Gasteiger charge is 2.49. The van der Waals surface area contributed by atoms with Gasteiger partial charge in [0.15, 0.2) is 0 Å². The Hall–Kier alpha value is -2.17. The van der Waals surface area contributed by atoms with Gasteiger partial charge in [0.05, 0.1) is 0 Å². The summed E-state index contributed by atoms with van der Waals surface area (Å²) in [6.45, 7) is 3.21. The van der Waals surface area contributed by atoms with Crippen LogP contribution >= 0.6 is 0 Å². The molecule has 1 amide bonds. The highest BCUT2D eigenvalue weighted by atomic mass is 16.2. The first-order valence-corrected chi connectivity index (χ1v) is 10.9. The van der Waals surface area contributed by atoms with E-state index in [0.29, 0.717) is 18.4 Å². The lowest BCUT2D eigenvalue weighted by Crippen LogP contribution is -2.61. The molecule has 0 radical (unpaired) electrons. The van der Waals surface area contributed by atoms with Crippen LogP contribution in [-0.2, 0) is 24.1 Å². The Morgan fingerprint density at radius 1 is 1.10 bits per heavy atom. The second-order valence-electron chi connectivity index (χ2n) is 8.81. The van der Waals surface area contributed by atoms with Crippen LogP contribution in [-0.4, -0.2) is 54.5 Å². The lowest BCUT2D eigenvalue weighted by atomic mass is 9.89. The predicted molar refractivity (Wildman–Crippen MR) is 118 cm³/mol. The average molecular weight is 392 g/mol. The zero-order valence-corrected chi connectivity index (χ0v) is 17.5. The van der Waals surface area contributed by atoms with Crippen LogP contribution < -0.4 is 5.73 Å². The number of amides is 1. The summed E-state index contributed by atoms with van der Waals surface area (Å²) in [6, 6.07) is 19.1. The quantitative estimate of drug-likeness (QED) is 0.824. The summed E-state index contributed by atoms with van der Waals surface area (Å²) in [4.78, 5) is 18.4. The van der Waals surface area contributed by atoms with Crippen LogP contribution in [0.15, 0.2) is 54.6 Å². The number of benzene rings is 2. The van der Waals surface area contributed by atoms with Crippen LogP contribution in [0.25, 0.3) is 0 Å². The van der Waals surface area contributed by atoms with Crippen LogP contribution in [0.2, 0.25) is 0 Å². The topological polar surface area (TPSA) is 49.6 Å². The van der Waals surface area contributed by atoms with Gasteiger partial charge in [-0.05, 0) is 55.5 Å². The standard InChI is InChI=1S/C25H33N3O/c1-27(15-13-20-8-3-2-4-9-20)25(16-22-11-5-6-12-23(22)17-25)24(29)28-14-7-10-21(18-26)19-28/h2-6,8-9,11-12,21H,7,10,13-19,26H2,1H3/t21-/m0/s1. The van der Waals surface area contributed by atoms with Crippen molar-refractivity contribution in [3.05, 3.63) is 71.3 Å². The van der Waals surface area contributed by atoms with E-state index in [1.807, 2.05) is 0 Å². The molecule has 2 aromatic carbocycles. The van der Waals surface area contributed by atoms with Gasteiger partial charge in [-0.2, -0.15) is 0 Å². The number of nitrogens with two attached hydrogens (primary N) is 1. The van der Waals surface area contributed by atoms with Gasteiger partial charge in [-0.1, -0.05) is 54.6 Å². The normalized spacial score (nSPS) is 20.7. The molecule has 0 bridgehead atoms. The lowest BCUT2D eigenvalue weighted by molar-refractivity contribution is -0.145. The summed E-state index contributed by atoms with van der Waals surface area (Å²) in [5, 5.41) is 0. The maximum atomic E-state index is 13.9. The number of hydrogen-bond donors (Lipinski definition) is 1. The fourth-order valence-corrected chi connectivity index (χ4v) is 5.07. The van der Waals surface area contributed by atoms with Crippen molar-refractivity contribution in [1.82, 2.24) is 9.80 Å². The number of carbonyl (C=O) groups excluding carboxylic acids is 1. The number of likely N-dealkylation sites (N-methyl/N-ethyl adjacent to an activating group) is 1. The van der Waals surface area contributed by atoms with Crippen molar-refractivity contribution in [2.24, 2.45) is 11.7 Å². The minimum Gasteiger partial charge on any atom is -0.341 e. The van der Waals surface area contributed by atoms with Crippen molar-refractivity contribution in [3.63, 3.8) is 0 Å². The first-order chi connectivity index (χ1) is 14.1. The van der Waals surface area contributed by atoms with Crippen LogP contribution in [0.4, 0.5) is 0 Å². The van der Waals surface area contributed by atoms with Gasteiger partial charge in [-0.3, -0.25) is 9.69 Å². The zero-order chi connectivity index (χ0) is 20.3. The second-order valence-corrected chi connectivity index (χ2v) is 8.81. The second kappa shape index (κ2) is 8.68. The molecule has 4 heteroatoms. The third-order valence-electron chi connectivity index (χ3n) is 6.93. The van der Waals surface area contributed by atoms with Gasteiger partial charge in [0.1, 0.15) is 5.54 Å². The van der Waals surface area contributed by atoms with Crippen LogP contribution in [0, 0.1) is 5.92 Å². The molecule has 0 spiro atoms. The molecule has 1 heterocycles. The van der Waals surface area contributed by atoms with E-state index < -0.39 is 5.54 Å². The molecule has 1 atom stereocenters. The van der Waals surface area contributed by atoms with Crippen molar-refractivity contribution in [1.29, 1.82) is 0 Å². The van der Waals surface area contributed by atoms with Gasteiger partial charge in [0.25, 0.3) is 0 Å². The fraction of sp³-hybridized carbons (Fsp3) is 0.480. The number of carbonyl (C=O) groups is 1. The maximum absolute atomic E-state index is 13.9. The molecular formula is C25H33N3O. The number of piperidine rings is 1. The molecule has 1 saturated heterocycles. The van der Waals surface area contributed by atoms with Gasteiger partial charge in [0.2, 0.25) is 5.91 Å². The minimum absolute atomic E-state index is 0.294. The molecule has 1 aliphatic heterocycles. The molecule has 0 unspecified atom stereocenters. The van der Waals surface area contributed by atoms with Gasteiger partial charge in [0, 0.05) is 32.5 Å². The molecule has 0 saturated carbocycles. The highest BCUT2D eigenvalue weighted by molar-refractivity contribution is 5.88. The van der Waals surface area contributed by atoms with Crippen LogP contribution in [0.3, 0.4) is 0 Å². The lowest BCUT2D eigenvalue weighted by Gasteiger charge is -2.43. The molecule has 2 aromatic rings. The molecule has 29 heavy (non-hydrogen) atoms. The monoisotopic (exact) mass is 391 g/mol. The molecule has 1 aliphatic carbocycles. The third-order valence-corrected chi connectivity index (χ3v) is 6.93. The Kier molecular flexibility index (Phi) is 6.02. The first kappa shape index (κ1) is 20.1. The zero-order valence-electron chi connectivity index (χ0n) is 17.5. The largest absolute Gasteiger partial charge is 0.341 e.